The molecule has 5 rings (SSSR count). The number of alkyl halides is 1. The maximum absolute atomic E-state index is 17.3. The lowest BCUT2D eigenvalue weighted by Gasteiger charge is -2.62. The first kappa shape index (κ1) is 28.8. The highest BCUT2D eigenvalue weighted by Crippen LogP contribution is 2.70. The highest BCUT2D eigenvalue weighted by molar-refractivity contribution is 7.85. The number of rotatable bonds is 5. The standard InChI is InChI=1S/C29H33FO9S/c1-16-11-22-21-8-7-18-13-19(31)9-10-26(18,2)28(21,30)23(32)14-27(22,3)29(16,35)24(33)15-39-25(34)17-5-4-6-20(12-17)40(36,37)38/h4-6,9-10,12-13,16,21-23,32,35H,7-8,11,14-15H2,1-3H3,(H,36,37,38)/t16-,21?,22?,23+,26+,27+,28?,29+/m1/s1. The van der Waals surface area contributed by atoms with Crippen molar-refractivity contribution in [2.75, 3.05) is 6.61 Å². The quantitative estimate of drug-likeness (QED) is 0.354. The molecule has 1 aromatic rings. The number of benzene rings is 1. The van der Waals surface area contributed by atoms with Crippen LogP contribution in [-0.4, -0.2) is 64.7 Å². The molecule has 3 fully saturated rings. The number of hydrogen-bond acceptors (Lipinski definition) is 8. The fourth-order valence-electron chi connectivity index (χ4n) is 8.25. The molecule has 0 bridgehead atoms. The first-order valence-corrected chi connectivity index (χ1v) is 14.8. The molecule has 0 aliphatic heterocycles. The smallest absolute Gasteiger partial charge is 0.338 e. The Labute approximate surface area is 231 Å². The van der Waals surface area contributed by atoms with Crippen LogP contribution in [0.3, 0.4) is 0 Å². The number of hydrogen-bond donors (Lipinski definition) is 3. The lowest BCUT2D eigenvalue weighted by Crippen LogP contribution is -2.69. The molecule has 216 valence electrons. The second-order valence-corrected chi connectivity index (χ2v) is 13.6. The van der Waals surface area contributed by atoms with Crippen LogP contribution in [0, 0.1) is 28.6 Å². The fraction of sp³-hybridized carbons (Fsp3) is 0.552. The largest absolute Gasteiger partial charge is 0.454 e. The van der Waals surface area contributed by atoms with Gasteiger partial charge < -0.3 is 14.9 Å². The van der Waals surface area contributed by atoms with E-state index in [9.17, 15) is 37.6 Å². The Balaban J connectivity index is 1.41. The number of allylic oxidation sites excluding steroid dienone is 4. The number of ketones is 2. The Morgan fingerprint density at radius 3 is 2.58 bits per heavy atom. The maximum atomic E-state index is 17.3. The number of aliphatic hydroxyl groups is 2. The van der Waals surface area contributed by atoms with Gasteiger partial charge in [-0.05, 0) is 74.8 Å². The molecule has 1 aromatic carbocycles. The lowest BCUT2D eigenvalue weighted by atomic mass is 9.44. The van der Waals surface area contributed by atoms with E-state index in [1.165, 1.54) is 30.4 Å². The monoisotopic (exact) mass is 576 g/mol. The molecule has 0 heterocycles. The van der Waals surface area contributed by atoms with Crippen molar-refractivity contribution in [3.63, 3.8) is 0 Å². The van der Waals surface area contributed by atoms with E-state index in [0.29, 0.717) is 24.8 Å². The van der Waals surface area contributed by atoms with Crippen LogP contribution in [0.4, 0.5) is 4.39 Å². The van der Waals surface area contributed by atoms with Crippen molar-refractivity contribution in [2.45, 2.75) is 68.7 Å². The van der Waals surface area contributed by atoms with Gasteiger partial charge in [0.15, 0.2) is 18.1 Å². The summed E-state index contributed by atoms with van der Waals surface area (Å²) in [7, 11) is -4.57. The number of esters is 1. The average Bonchev–Trinajstić information content (AvgIpc) is 3.09. The van der Waals surface area contributed by atoms with Crippen molar-refractivity contribution in [2.24, 2.45) is 28.6 Å². The highest BCUT2D eigenvalue weighted by Gasteiger charge is 2.75. The summed E-state index contributed by atoms with van der Waals surface area (Å²) < 4.78 is 54.4. The van der Waals surface area contributed by atoms with Gasteiger partial charge in [0.1, 0.15) is 5.60 Å². The summed E-state index contributed by atoms with van der Waals surface area (Å²) in [6, 6.07) is 4.48. The van der Waals surface area contributed by atoms with Gasteiger partial charge >= 0.3 is 5.97 Å². The molecule has 0 spiro atoms. The predicted molar refractivity (Wildman–Crippen MR) is 139 cm³/mol. The van der Waals surface area contributed by atoms with E-state index in [-0.39, 0.29) is 17.8 Å². The number of carbonyl (C=O) groups excluding carboxylic acids is 3. The molecule has 3 saturated carbocycles. The van der Waals surface area contributed by atoms with Gasteiger partial charge in [0.25, 0.3) is 10.1 Å². The van der Waals surface area contributed by atoms with Crippen molar-refractivity contribution in [3.8, 4) is 0 Å². The van der Waals surface area contributed by atoms with Crippen molar-refractivity contribution in [1.82, 2.24) is 0 Å². The summed E-state index contributed by atoms with van der Waals surface area (Å²) >= 11 is 0. The van der Waals surface area contributed by atoms with Gasteiger partial charge in [0.2, 0.25) is 5.78 Å². The molecule has 0 aromatic heterocycles. The van der Waals surface area contributed by atoms with E-state index in [2.05, 4.69) is 0 Å². The van der Waals surface area contributed by atoms with Crippen molar-refractivity contribution < 1.29 is 46.7 Å². The van der Waals surface area contributed by atoms with Crippen LogP contribution in [0.15, 0.2) is 53.0 Å². The van der Waals surface area contributed by atoms with E-state index in [4.69, 9.17) is 4.74 Å². The third-order valence-electron chi connectivity index (χ3n) is 10.3. The van der Waals surface area contributed by atoms with E-state index in [0.717, 1.165) is 12.1 Å². The molecule has 0 radical (unpaired) electrons. The van der Waals surface area contributed by atoms with Gasteiger partial charge in [-0.3, -0.25) is 14.1 Å². The van der Waals surface area contributed by atoms with E-state index in [1.54, 1.807) is 20.8 Å². The number of Topliss-reactive ketones (excluding diaryl/α,β-unsaturated/α-hetero) is 1. The second-order valence-electron chi connectivity index (χ2n) is 12.2. The summed E-state index contributed by atoms with van der Waals surface area (Å²) in [6.07, 6.45) is 3.64. The third-order valence-corrected chi connectivity index (χ3v) is 11.2. The molecule has 3 N–H and O–H groups in total. The van der Waals surface area contributed by atoms with Crippen LogP contribution in [0.25, 0.3) is 0 Å². The van der Waals surface area contributed by atoms with Crippen LogP contribution in [0.2, 0.25) is 0 Å². The van der Waals surface area contributed by atoms with Gasteiger partial charge in [0, 0.05) is 16.7 Å². The molecular weight excluding hydrogens is 543 g/mol. The topological polar surface area (TPSA) is 155 Å². The molecule has 3 unspecified atom stereocenters. The van der Waals surface area contributed by atoms with E-state index < -0.39 is 79.3 Å². The maximum Gasteiger partial charge on any atom is 0.338 e. The van der Waals surface area contributed by atoms with E-state index in [1.807, 2.05) is 0 Å². The van der Waals surface area contributed by atoms with E-state index >= 15 is 4.39 Å². The number of ether oxygens (including phenoxy) is 1. The molecule has 4 aliphatic carbocycles. The summed E-state index contributed by atoms with van der Waals surface area (Å²) in [5.74, 6) is -3.86. The Morgan fingerprint density at radius 1 is 1.20 bits per heavy atom. The molecule has 40 heavy (non-hydrogen) atoms. The zero-order chi connectivity index (χ0) is 29.5. The Kier molecular flexibility index (Phi) is 6.58. The summed E-state index contributed by atoms with van der Waals surface area (Å²) in [6.45, 7) is 4.22. The number of carbonyl (C=O) groups is 3. The van der Waals surface area contributed by atoms with Crippen molar-refractivity contribution >= 4 is 27.7 Å². The van der Waals surface area contributed by atoms with Crippen molar-refractivity contribution in [3.05, 3.63) is 53.6 Å². The minimum atomic E-state index is -4.57. The van der Waals surface area contributed by atoms with Crippen LogP contribution in [-0.2, 0) is 24.4 Å². The fourth-order valence-corrected chi connectivity index (χ4v) is 8.77. The first-order valence-electron chi connectivity index (χ1n) is 13.3. The molecule has 11 heteroatoms. The number of aliphatic hydroxyl groups excluding tert-OH is 1. The second kappa shape index (κ2) is 9.14. The minimum Gasteiger partial charge on any atom is -0.454 e. The zero-order valence-electron chi connectivity index (χ0n) is 22.5. The minimum absolute atomic E-state index is 0.216. The van der Waals surface area contributed by atoms with Gasteiger partial charge in [-0.15, -0.1) is 0 Å². The van der Waals surface area contributed by atoms with Crippen molar-refractivity contribution in [1.29, 1.82) is 0 Å². The Morgan fingerprint density at radius 2 is 1.90 bits per heavy atom. The molecule has 8 atom stereocenters. The molecule has 0 amide bonds. The summed E-state index contributed by atoms with van der Waals surface area (Å²) in [5, 5.41) is 23.4. The zero-order valence-corrected chi connectivity index (χ0v) is 23.3. The van der Waals surface area contributed by atoms with Gasteiger partial charge in [-0.1, -0.05) is 31.6 Å². The SMILES string of the molecule is C[C@@H]1CC2C3CCC4=CC(=O)C=C[C@]4(C)C3(F)[C@@H](O)C[C@]2(C)[C@@]1(O)C(=O)COC(=O)c1cccc(S(=O)(=O)O)c1. The Hall–Kier alpha value is -2.73. The normalized spacial score (nSPS) is 40.5. The van der Waals surface area contributed by atoms with Crippen LogP contribution >= 0.6 is 0 Å². The first-order chi connectivity index (χ1) is 18.5. The molecule has 9 nitrogen and oxygen atoms in total. The average molecular weight is 577 g/mol. The lowest BCUT2D eigenvalue weighted by molar-refractivity contribution is -0.219. The number of fused-ring (bicyclic) bond motifs is 5. The van der Waals surface area contributed by atoms with Crippen LogP contribution < -0.4 is 0 Å². The Bertz CT molecular complexity index is 1470. The highest BCUT2D eigenvalue weighted by atomic mass is 32.2. The van der Waals surface area contributed by atoms with Gasteiger partial charge in [-0.25, -0.2) is 9.18 Å². The molecule has 4 aliphatic rings. The predicted octanol–water partition coefficient (Wildman–Crippen LogP) is 3.01. The van der Waals surface area contributed by atoms with Crippen LogP contribution in [0.5, 0.6) is 0 Å². The third kappa shape index (κ3) is 3.81. The van der Waals surface area contributed by atoms with Crippen LogP contribution in [0.1, 0.15) is 56.8 Å². The molecular formula is C29H33FO9S. The summed E-state index contributed by atoms with van der Waals surface area (Å²) in [4.78, 5) is 37.7. The summed E-state index contributed by atoms with van der Waals surface area (Å²) in [5.41, 5.74) is -6.17. The number of halogens is 1. The van der Waals surface area contributed by atoms with Gasteiger partial charge in [-0.2, -0.15) is 8.42 Å². The molecule has 0 saturated heterocycles. The van der Waals surface area contributed by atoms with Gasteiger partial charge in [0.05, 0.1) is 16.6 Å².